The number of nitrogens with zero attached hydrogens (tertiary/aromatic N) is 3. The maximum atomic E-state index is 12.8. The summed E-state index contributed by atoms with van der Waals surface area (Å²) in [6.45, 7) is 7.48. The van der Waals surface area contributed by atoms with Gasteiger partial charge in [0, 0.05) is 17.5 Å². The maximum absolute atomic E-state index is 12.8. The molecule has 2 aromatic rings. The molecule has 1 fully saturated rings. The molecule has 0 amide bonds. The first-order chi connectivity index (χ1) is 12.0. The van der Waals surface area contributed by atoms with Crippen LogP contribution in [0.25, 0.3) is 0 Å². The first-order valence-electron chi connectivity index (χ1n) is 8.77. The quantitative estimate of drug-likeness (QED) is 0.854. The van der Waals surface area contributed by atoms with E-state index in [4.69, 9.17) is 0 Å². The summed E-state index contributed by atoms with van der Waals surface area (Å²) in [4.78, 5) is 11.1. The first kappa shape index (κ1) is 17.7. The van der Waals surface area contributed by atoms with Crippen LogP contribution in [0.2, 0.25) is 0 Å². The van der Waals surface area contributed by atoms with E-state index in [2.05, 4.69) is 33.2 Å². The van der Waals surface area contributed by atoms with Crippen molar-refractivity contribution < 1.29 is 8.78 Å². The minimum absolute atomic E-state index is 0.0442. The maximum Gasteiger partial charge on any atom is 0.264 e. The number of rotatable bonds is 5. The van der Waals surface area contributed by atoms with Crippen molar-refractivity contribution in [3.05, 3.63) is 47.3 Å². The van der Waals surface area contributed by atoms with Crippen molar-refractivity contribution in [2.24, 2.45) is 0 Å². The van der Waals surface area contributed by atoms with Gasteiger partial charge in [0.25, 0.3) is 6.43 Å². The van der Waals surface area contributed by atoms with Crippen LogP contribution in [0.3, 0.4) is 0 Å². The summed E-state index contributed by atoms with van der Waals surface area (Å²) in [7, 11) is 0. The Balaban J connectivity index is 1.77. The monoisotopic (exact) mass is 346 g/mol. The molecule has 1 aliphatic rings. The molecule has 0 atom stereocenters. The third kappa shape index (κ3) is 4.51. The molecule has 1 saturated heterocycles. The average Bonchev–Trinajstić information content (AvgIpc) is 2.61. The van der Waals surface area contributed by atoms with Gasteiger partial charge in [0.15, 0.2) is 0 Å². The minimum atomic E-state index is -2.51. The van der Waals surface area contributed by atoms with Gasteiger partial charge in [-0.05, 0) is 75.1 Å². The Hall–Kier alpha value is -2.08. The molecule has 0 aliphatic carbocycles. The molecule has 0 spiro atoms. The number of aryl methyl sites for hydroxylation is 1. The number of piperidine rings is 1. The fraction of sp³-hybridized carbons (Fsp3) is 0.474. The summed E-state index contributed by atoms with van der Waals surface area (Å²) >= 11 is 0. The van der Waals surface area contributed by atoms with Crippen molar-refractivity contribution in [2.75, 3.05) is 25.0 Å². The van der Waals surface area contributed by atoms with E-state index in [9.17, 15) is 8.78 Å². The van der Waals surface area contributed by atoms with Crippen LogP contribution in [0.4, 0.5) is 20.4 Å². The smallest absolute Gasteiger partial charge is 0.264 e. The van der Waals surface area contributed by atoms with Gasteiger partial charge < -0.3 is 10.2 Å². The van der Waals surface area contributed by atoms with Gasteiger partial charge >= 0.3 is 0 Å². The predicted octanol–water partition coefficient (Wildman–Crippen LogP) is 4.67. The van der Waals surface area contributed by atoms with Crippen molar-refractivity contribution in [1.82, 2.24) is 14.9 Å². The van der Waals surface area contributed by atoms with Crippen LogP contribution in [0, 0.1) is 6.92 Å². The molecular weight excluding hydrogens is 322 g/mol. The Labute approximate surface area is 147 Å². The Kier molecular flexibility index (Phi) is 5.58. The Morgan fingerprint density at radius 3 is 2.64 bits per heavy atom. The van der Waals surface area contributed by atoms with Gasteiger partial charge in [0.05, 0.1) is 0 Å². The van der Waals surface area contributed by atoms with E-state index in [-0.39, 0.29) is 5.56 Å². The summed E-state index contributed by atoms with van der Waals surface area (Å²) in [5, 5.41) is 3.07. The first-order valence-corrected chi connectivity index (χ1v) is 8.77. The second-order valence-electron chi connectivity index (χ2n) is 6.54. The van der Waals surface area contributed by atoms with E-state index in [0.717, 1.165) is 38.2 Å². The normalized spacial score (nSPS) is 16.4. The molecule has 0 radical (unpaired) electrons. The van der Waals surface area contributed by atoms with E-state index in [1.807, 2.05) is 13.0 Å². The number of likely N-dealkylation sites (tertiary alicyclic amines) is 1. The molecule has 0 bridgehead atoms. The van der Waals surface area contributed by atoms with E-state index >= 15 is 0 Å². The third-order valence-electron chi connectivity index (χ3n) is 4.77. The highest BCUT2D eigenvalue weighted by Gasteiger charge is 2.20. The van der Waals surface area contributed by atoms with E-state index in [1.165, 1.54) is 23.9 Å². The van der Waals surface area contributed by atoms with Crippen LogP contribution in [0.1, 0.15) is 48.9 Å². The van der Waals surface area contributed by atoms with Gasteiger partial charge in [0.1, 0.15) is 11.6 Å². The lowest BCUT2D eigenvalue weighted by molar-refractivity contribution is 0.151. The van der Waals surface area contributed by atoms with Gasteiger partial charge in [0.2, 0.25) is 0 Å². The molecule has 0 unspecified atom stereocenters. The highest BCUT2D eigenvalue weighted by molar-refractivity contribution is 5.54. The van der Waals surface area contributed by atoms with Gasteiger partial charge in [-0.15, -0.1) is 0 Å². The highest BCUT2D eigenvalue weighted by atomic mass is 19.3. The van der Waals surface area contributed by atoms with Crippen LogP contribution >= 0.6 is 0 Å². The standard InChI is InChI=1S/C19H24F2N4/c1-3-25-8-5-14(6-9-25)16-10-13(2)23-18(12-16)24-17-11-15(19(20)21)4-7-22-17/h4,7,10-12,14,19H,3,5-6,8-9H2,1-2H3,(H,22,23,24). The lowest BCUT2D eigenvalue weighted by Gasteiger charge is -2.31. The molecule has 3 heterocycles. The number of hydrogen-bond donors (Lipinski definition) is 1. The fourth-order valence-electron chi connectivity index (χ4n) is 3.36. The molecular formula is C19H24F2N4. The van der Waals surface area contributed by atoms with Crippen molar-refractivity contribution in [3.63, 3.8) is 0 Å². The molecule has 4 nitrogen and oxygen atoms in total. The number of alkyl halides is 2. The van der Waals surface area contributed by atoms with Gasteiger partial charge in [-0.25, -0.2) is 18.7 Å². The number of anilines is 2. The van der Waals surface area contributed by atoms with Crippen molar-refractivity contribution >= 4 is 11.6 Å². The number of pyridine rings is 2. The van der Waals surface area contributed by atoms with E-state index < -0.39 is 6.43 Å². The summed E-state index contributed by atoms with van der Waals surface area (Å²) in [5.41, 5.74) is 2.14. The summed E-state index contributed by atoms with van der Waals surface area (Å²) in [5.74, 6) is 1.57. The van der Waals surface area contributed by atoms with Crippen molar-refractivity contribution in [3.8, 4) is 0 Å². The van der Waals surface area contributed by atoms with Gasteiger partial charge in [-0.1, -0.05) is 6.92 Å². The van der Waals surface area contributed by atoms with Crippen LogP contribution in [0.15, 0.2) is 30.5 Å². The molecule has 0 saturated carbocycles. The highest BCUT2D eigenvalue weighted by Crippen LogP contribution is 2.30. The lowest BCUT2D eigenvalue weighted by Crippen LogP contribution is -2.32. The summed E-state index contributed by atoms with van der Waals surface area (Å²) in [6.07, 6.45) is 1.15. The zero-order valence-corrected chi connectivity index (χ0v) is 14.7. The van der Waals surface area contributed by atoms with Crippen molar-refractivity contribution in [1.29, 1.82) is 0 Å². The molecule has 1 N–H and O–H groups in total. The molecule has 0 aromatic carbocycles. The molecule has 2 aromatic heterocycles. The van der Waals surface area contributed by atoms with Gasteiger partial charge in [-0.2, -0.15) is 0 Å². The zero-order chi connectivity index (χ0) is 17.8. The number of aromatic nitrogens is 2. The minimum Gasteiger partial charge on any atom is -0.325 e. The second-order valence-corrected chi connectivity index (χ2v) is 6.54. The van der Waals surface area contributed by atoms with Crippen molar-refractivity contribution in [2.45, 2.75) is 39.0 Å². The fourth-order valence-corrected chi connectivity index (χ4v) is 3.36. The van der Waals surface area contributed by atoms with E-state index in [1.54, 1.807) is 0 Å². The van der Waals surface area contributed by atoms with Crippen LogP contribution in [-0.4, -0.2) is 34.5 Å². The Bertz CT molecular complexity index is 712. The van der Waals surface area contributed by atoms with Gasteiger partial charge in [-0.3, -0.25) is 0 Å². The number of nitrogens with one attached hydrogen (secondary N) is 1. The van der Waals surface area contributed by atoms with Crippen LogP contribution in [-0.2, 0) is 0 Å². The largest absolute Gasteiger partial charge is 0.325 e. The molecule has 3 rings (SSSR count). The molecule has 25 heavy (non-hydrogen) atoms. The lowest BCUT2D eigenvalue weighted by atomic mass is 9.89. The third-order valence-corrected chi connectivity index (χ3v) is 4.77. The predicted molar refractivity (Wildman–Crippen MR) is 95.5 cm³/mol. The topological polar surface area (TPSA) is 41.1 Å². The SMILES string of the molecule is CCN1CCC(c2cc(C)nc(Nc3cc(C(F)F)ccn3)c2)CC1. The Morgan fingerprint density at radius 1 is 1.20 bits per heavy atom. The second kappa shape index (κ2) is 7.87. The Morgan fingerprint density at radius 2 is 1.96 bits per heavy atom. The van der Waals surface area contributed by atoms with E-state index in [0.29, 0.717) is 17.6 Å². The summed E-state index contributed by atoms with van der Waals surface area (Å²) in [6, 6.07) is 6.84. The molecule has 1 aliphatic heterocycles. The summed E-state index contributed by atoms with van der Waals surface area (Å²) < 4.78 is 25.7. The zero-order valence-electron chi connectivity index (χ0n) is 14.7. The van der Waals surface area contributed by atoms with Crippen LogP contribution < -0.4 is 5.32 Å². The molecule has 6 heteroatoms. The van der Waals surface area contributed by atoms with Crippen LogP contribution in [0.5, 0.6) is 0 Å². The number of halogens is 2. The molecule has 134 valence electrons. The average molecular weight is 346 g/mol. The number of hydrogen-bond acceptors (Lipinski definition) is 4.